The SMILES string of the molecule is CC.Cc1c(B2OC(C)C(C)(C)O2)cccc1[N+](=O)[O-]. The molecule has 0 bridgehead atoms. The van der Waals surface area contributed by atoms with Gasteiger partial charge in [0.1, 0.15) is 0 Å². The van der Waals surface area contributed by atoms with Crippen LogP contribution in [-0.4, -0.2) is 23.7 Å². The lowest BCUT2D eigenvalue weighted by Gasteiger charge is -2.21. The lowest BCUT2D eigenvalue weighted by Crippen LogP contribution is -2.36. The lowest BCUT2D eigenvalue weighted by molar-refractivity contribution is -0.385. The molecule has 0 spiro atoms. The van der Waals surface area contributed by atoms with Crippen molar-refractivity contribution in [1.29, 1.82) is 0 Å². The molecule has 2 rings (SSSR count). The van der Waals surface area contributed by atoms with Gasteiger partial charge in [-0.15, -0.1) is 0 Å². The average Bonchev–Trinajstić information content (AvgIpc) is 2.66. The Bertz CT molecular complexity index is 490. The minimum Gasteiger partial charge on any atom is -0.402 e. The molecule has 0 radical (unpaired) electrons. The van der Waals surface area contributed by atoms with E-state index in [1.54, 1.807) is 19.1 Å². The highest BCUT2D eigenvalue weighted by molar-refractivity contribution is 6.62. The van der Waals surface area contributed by atoms with Gasteiger partial charge in [-0.2, -0.15) is 0 Å². The predicted molar refractivity (Wildman–Crippen MR) is 80.3 cm³/mol. The maximum atomic E-state index is 10.9. The van der Waals surface area contributed by atoms with Crippen LogP contribution in [0.2, 0.25) is 0 Å². The Morgan fingerprint density at radius 2 is 1.95 bits per heavy atom. The largest absolute Gasteiger partial charge is 0.495 e. The second-order valence-corrected chi connectivity index (χ2v) is 5.08. The topological polar surface area (TPSA) is 61.6 Å². The van der Waals surface area contributed by atoms with E-state index in [4.69, 9.17) is 9.31 Å². The van der Waals surface area contributed by atoms with Gasteiger partial charge in [0, 0.05) is 11.6 Å². The molecule has 0 aliphatic carbocycles. The number of hydrogen-bond acceptors (Lipinski definition) is 4. The number of nitro groups is 1. The molecule has 0 N–H and O–H groups in total. The minimum atomic E-state index is -0.533. The monoisotopic (exact) mass is 279 g/mol. The van der Waals surface area contributed by atoms with E-state index in [0.717, 1.165) is 5.46 Å². The van der Waals surface area contributed by atoms with Crippen molar-refractivity contribution in [3.63, 3.8) is 0 Å². The smallest absolute Gasteiger partial charge is 0.402 e. The molecule has 1 atom stereocenters. The Kier molecular flexibility index (Phi) is 5.31. The van der Waals surface area contributed by atoms with Gasteiger partial charge in [-0.05, 0) is 33.2 Å². The van der Waals surface area contributed by atoms with Crippen molar-refractivity contribution >= 4 is 18.3 Å². The van der Waals surface area contributed by atoms with Crippen LogP contribution in [0.1, 0.15) is 40.2 Å². The highest BCUT2D eigenvalue weighted by Crippen LogP contribution is 2.28. The van der Waals surface area contributed by atoms with E-state index >= 15 is 0 Å². The first kappa shape index (κ1) is 16.7. The molecule has 1 aliphatic heterocycles. The van der Waals surface area contributed by atoms with E-state index in [2.05, 4.69) is 0 Å². The maximum absolute atomic E-state index is 10.9. The lowest BCUT2D eigenvalue weighted by atomic mass is 9.76. The van der Waals surface area contributed by atoms with Crippen molar-refractivity contribution in [2.45, 2.75) is 53.2 Å². The van der Waals surface area contributed by atoms with Crippen LogP contribution in [-0.2, 0) is 9.31 Å². The number of hydrogen-bond donors (Lipinski definition) is 0. The highest BCUT2D eigenvalue weighted by atomic mass is 16.7. The zero-order chi connectivity index (χ0) is 15.5. The summed E-state index contributed by atoms with van der Waals surface area (Å²) >= 11 is 0. The Labute approximate surface area is 120 Å². The standard InChI is InChI=1S/C12H16BNO4.C2H6/c1-8-10(6-5-7-11(8)14(15)16)13-17-9(2)12(3,4)18-13;1-2/h5-7,9H,1-4H3;1-2H3. The van der Waals surface area contributed by atoms with Gasteiger partial charge in [0.15, 0.2) is 0 Å². The zero-order valence-corrected chi connectivity index (χ0v) is 13.0. The van der Waals surface area contributed by atoms with Gasteiger partial charge in [0.2, 0.25) is 0 Å². The molecule has 20 heavy (non-hydrogen) atoms. The van der Waals surface area contributed by atoms with Crippen LogP contribution in [0.25, 0.3) is 0 Å². The van der Waals surface area contributed by atoms with Gasteiger partial charge in [0.05, 0.1) is 16.6 Å². The molecule has 110 valence electrons. The molecule has 1 saturated heterocycles. The van der Waals surface area contributed by atoms with E-state index < -0.39 is 7.12 Å². The molecule has 1 aromatic rings. The first-order valence-electron chi connectivity index (χ1n) is 6.90. The fourth-order valence-corrected chi connectivity index (χ4v) is 1.98. The van der Waals surface area contributed by atoms with E-state index in [-0.39, 0.29) is 22.3 Å². The third-order valence-corrected chi connectivity index (χ3v) is 3.52. The number of benzene rings is 1. The van der Waals surface area contributed by atoms with Gasteiger partial charge in [-0.1, -0.05) is 26.0 Å². The first-order valence-corrected chi connectivity index (χ1v) is 6.90. The Morgan fingerprint density at radius 1 is 1.35 bits per heavy atom. The Hall–Kier alpha value is -1.40. The Balaban J connectivity index is 0.000000956. The molecule has 1 heterocycles. The summed E-state index contributed by atoms with van der Waals surface area (Å²) in [5.74, 6) is 0. The fraction of sp³-hybridized carbons (Fsp3) is 0.571. The van der Waals surface area contributed by atoms with E-state index in [1.165, 1.54) is 6.07 Å². The van der Waals surface area contributed by atoms with Gasteiger partial charge >= 0.3 is 7.12 Å². The van der Waals surface area contributed by atoms with Crippen LogP contribution < -0.4 is 5.46 Å². The van der Waals surface area contributed by atoms with Crippen molar-refractivity contribution in [1.82, 2.24) is 0 Å². The van der Waals surface area contributed by atoms with Gasteiger partial charge in [0.25, 0.3) is 5.69 Å². The highest BCUT2D eigenvalue weighted by Gasteiger charge is 2.44. The minimum absolute atomic E-state index is 0.0545. The van der Waals surface area contributed by atoms with Crippen molar-refractivity contribution in [3.05, 3.63) is 33.9 Å². The molecule has 0 saturated carbocycles. The van der Waals surface area contributed by atoms with Crippen molar-refractivity contribution in [2.24, 2.45) is 0 Å². The van der Waals surface area contributed by atoms with Gasteiger partial charge < -0.3 is 9.31 Å². The number of rotatable bonds is 2. The number of nitro benzene ring substituents is 1. The maximum Gasteiger partial charge on any atom is 0.495 e. The van der Waals surface area contributed by atoms with Crippen LogP contribution in [0.5, 0.6) is 0 Å². The average molecular weight is 279 g/mol. The second kappa shape index (κ2) is 6.37. The quantitative estimate of drug-likeness (QED) is 0.474. The molecule has 1 fully saturated rings. The predicted octanol–water partition coefficient (Wildman–Crippen LogP) is 2.84. The van der Waals surface area contributed by atoms with Crippen LogP contribution in [0.4, 0.5) is 5.69 Å². The molecule has 0 aromatic heterocycles. The van der Waals surface area contributed by atoms with E-state index in [0.29, 0.717) is 5.56 Å². The summed E-state index contributed by atoms with van der Waals surface area (Å²) in [7, 11) is -0.533. The summed E-state index contributed by atoms with van der Waals surface area (Å²) < 4.78 is 11.6. The number of nitrogens with zero attached hydrogens (tertiary/aromatic N) is 1. The van der Waals surface area contributed by atoms with Crippen LogP contribution in [0.3, 0.4) is 0 Å². The van der Waals surface area contributed by atoms with Crippen molar-refractivity contribution < 1.29 is 14.2 Å². The summed E-state index contributed by atoms with van der Waals surface area (Å²) in [6, 6.07) is 4.95. The van der Waals surface area contributed by atoms with Crippen molar-refractivity contribution in [2.75, 3.05) is 0 Å². The van der Waals surface area contributed by atoms with Crippen molar-refractivity contribution in [3.8, 4) is 0 Å². The van der Waals surface area contributed by atoms with E-state index in [1.807, 2.05) is 34.6 Å². The second-order valence-electron chi connectivity index (χ2n) is 5.08. The molecule has 1 aromatic carbocycles. The van der Waals surface area contributed by atoms with Crippen LogP contribution >= 0.6 is 0 Å². The third kappa shape index (κ3) is 3.19. The van der Waals surface area contributed by atoms with Gasteiger partial charge in [-0.25, -0.2) is 0 Å². The zero-order valence-electron chi connectivity index (χ0n) is 13.0. The van der Waals surface area contributed by atoms with Crippen LogP contribution in [0, 0.1) is 17.0 Å². The molecular weight excluding hydrogens is 257 g/mol. The molecule has 6 heteroatoms. The Morgan fingerprint density at radius 3 is 2.40 bits per heavy atom. The molecule has 1 unspecified atom stereocenters. The summed E-state index contributed by atoms with van der Waals surface area (Å²) in [6.45, 7) is 11.6. The fourth-order valence-electron chi connectivity index (χ4n) is 1.98. The summed E-state index contributed by atoms with van der Waals surface area (Å²) in [4.78, 5) is 10.5. The molecule has 0 amide bonds. The summed E-state index contributed by atoms with van der Waals surface area (Å²) in [5, 5.41) is 10.9. The molecular formula is C14H22BNO4. The van der Waals surface area contributed by atoms with Crippen LogP contribution in [0.15, 0.2) is 18.2 Å². The molecule has 5 nitrogen and oxygen atoms in total. The normalized spacial score (nSPS) is 20.3. The summed E-state index contributed by atoms with van der Waals surface area (Å²) in [6.07, 6.45) is -0.0545. The summed E-state index contributed by atoms with van der Waals surface area (Å²) in [5.41, 5.74) is 1.03. The molecule has 1 aliphatic rings. The third-order valence-electron chi connectivity index (χ3n) is 3.52. The first-order chi connectivity index (χ1) is 9.33. The van der Waals surface area contributed by atoms with Gasteiger partial charge in [-0.3, -0.25) is 10.1 Å². The van der Waals surface area contributed by atoms with E-state index in [9.17, 15) is 10.1 Å².